The van der Waals surface area contributed by atoms with E-state index in [1.165, 1.54) is 5.56 Å². The normalized spacial score (nSPS) is 11.9. The summed E-state index contributed by atoms with van der Waals surface area (Å²) < 4.78 is 5.35. The predicted molar refractivity (Wildman–Crippen MR) is 106 cm³/mol. The van der Waals surface area contributed by atoms with Crippen LogP contribution in [0.1, 0.15) is 53.5 Å². The highest BCUT2D eigenvalue weighted by Crippen LogP contribution is 2.33. The minimum Gasteiger partial charge on any atom is -0.370 e. The first kappa shape index (κ1) is 22.2. The van der Waals surface area contributed by atoms with E-state index in [9.17, 15) is 9.59 Å². The summed E-state index contributed by atoms with van der Waals surface area (Å²) in [6, 6.07) is 7.75. The third-order valence-electron chi connectivity index (χ3n) is 4.00. The van der Waals surface area contributed by atoms with Gasteiger partial charge in [-0.2, -0.15) is 0 Å². The van der Waals surface area contributed by atoms with Crippen molar-refractivity contribution in [3.05, 3.63) is 29.8 Å². The SMILES string of the molecule is CCc1ccc(NC(=O)COCCNC(=O)C(C)(C)CC(C)(C)C)cc1. The smallest absolute Gasteiger partial charge is 0.250 e. The molecule has 2 N–H and O–H groups in total. The van der Waals surface area contributed by atoms with Gasteiger partial charge in [-0.3, -0.25) is 9.59 Å². The highest BCUT2D eigenvalue weighted by Gasteiger charge is 2.32. The number of rotatable bonds is 9. The van der Waals surface area contributed by atoms with Crippen LogP contribution in [0.3, 0.4) is 0 Å². The van der Waals surface area contributed by atoms with Crippen LogP contribution in [0.5, 0.6) is 0 Å². The molecule has 0 bridgehead atoms. The molecule has 2 amide bonds. The predicted octanol–water partition coefficient (Wildman–Crippen LogP) is 3.78. The Bertz CT molecular complexity index is 586. The van der Waals surface area contributed by atoms with Crippen molar-refractivity contribution in [1.82, 2.24) is 5.32 Å². The number of amides is 2. The van der Waals surface area contributed by atoms with E-state index < -0.39 is 5.41 Å². The molecule has 26 heavy (non-hydrogen) atoms. The van der Waals surface area contributed by atoms with E-state index in [-0.39, 0.29) is 23.8 Å². The quantitative estimate of drug-likeness (QED) is 0.657. The molecular weight excluding hydrogens is 328 g/mol. The minimum atomic E-state index is -0.430. The monoisotopic (exact) mass is 362 g/mol. The van der Waals surface area contributed by atoms with Gasteiger partial charge < -0.3 is 15.4 Å². The average molecular weight is 363 g/mol. The number of ether oxygens (including phenoxy) is 1. The van der Waals surface area contributed by atoms with Crippen LogP contribution in [-0.2, 0) is 20.7 Å². The van der Waals surface area contributed by atoms with Gasteiger partial charge in [0.15, 0.2) is 0 Å². The van der Waals surface area contributed by atoms with E-state index in [1.807, 2.05) is 38.1 Å². The molecule has 5 heteroatoms. The van der Waals surface area contributed by atoms with Crippen LogP contribution in [0.4, 0.5) is 5.69 Å². The lowest BCUT2D eigenvalue weighted by atomic mass is 9.76. The lowest BCUT2D eigenvalue weighted by molar-refractivity contribution is -0.131. The van der Waals surface area contributed by atoms with Crippen molar-refractivity contribution in [3.63, 3.8) is 0 Å². The second kappa shape index (κ2) is 9.72. The van der Waals surface area contributed by atoms with Gasteiger partial charge in [0.05, 0.1) is 6.61 Å². The summed E-state index contributed by atoms with van der Waals surface area (Å²) >= 11 is 0. The first-order valence-electron chi connectivity index (χ1n) is 9.28. The number of anilines is 1. The molecule has 0 heterocycles. The van der Waals surface area contributed by atoms with E-state index in [1.54, 1.807) is 0 Å². The zero-order valence-corrected chi connectivity index (χ0v) is 17.1. The molecule has 0 fully saturated rings. The molecule has 1 aromatic carbocycles. The molecule has 146 valence electrons. The summed E-state index contributed by atoms with van der Waals surface area (Å²) in [6.07, 6.45) is 1.77. The maximum atomic E-state index is 12.3. The number of hydrogen-bond acceptors (Lipinski definition) is 3. The fourth-order valence-corrected chi connectivity index (χ4v) is 3.07. The van der Waals surface area contributed by atoms with Gasteiger partial charge >= 0.3 is 0 Å². The molecular formula is C21H34N2O3. The summed E-state index contributed by atoms with van der Waals surface area (Å²) in [7, 11) is 0. The van der Waals surface area contributed by atoms with E-state index in [2.05, 4.69) is 38.3 Å². The van der Waals surface area contributed by atoms with Crippen LogP contribution in [0.2, 0.25) is 0 Å². The molecule has 0 aliphatic carbocycles. The van der Waals surface area contributed by atoms with Crippen molar-refractivity contribution < 1.29 is 14.3 Å². The molecule has 0 radical (unpaired) electrons. The molecule has 0 spiro atoms. The first-order valence-corrected chi connectivity index (χ1v) is 9.28. The molecule has 0 aliphatic heterocycles. The van der Waals surface area contributed by atoms with Crippen molar-refractivity contribution in [1.29, 1.82) is 0 Å². The van der Waals surface area contributed by atoms with E-state index in [0.29, 0.717) is 13.2 Å². The van der Waals surface area contributed by atoms with E-state index >= 15 is 0 Å². The molecule has 0 atom stereocenters. The molecule has 0 saturated heterocycles. The zero-order chi connectivity index (χ0) is 19.8. The Morgan fingerprint density at radius 1 is 1.04 bits per heavy atom. The lowest BCUT2D eigenvalue weighted by Crippen LogP contribution is -2.40. The number of aryl methyl sites for hydroxylation is 1. The van der Waals surface area contributed by atoms with Crippen molar-refractivity contribution in [2.45, 2.75) is 54.4 Å². The minimum absolute atomic E-state index is 0.0106. The first-order chi connectivity index (χ1) is 12.0. The molecule has 0 saturated carbocycles. The van der Waals surface area contributed by atoms with Crippen LogP contribution >= 0.6 is 0 Å². The second-order valence-corrected chi connectivity index (χ2v) is 8.53. The fourth-order valence-electron chi connectivity index (χ4n) is 3.07. The van der Waals surface area contributed by atoms with Gasteiger partial charge in [0, 0.05) is 17.6 Å². The molecule has 1 rings (SSSR count). The summed E-state index contributed by atoms with van der Waals surface area (Å²) in [5, 5.41) is 5.68. The van der Waals surface area contributed by atoms with Gasteiger partial charge in [-0.25, -0.2) is 0 Å². The van der Waals surface area contributed by atoms with E-state index in [0.717, 1.165) is 18.5 Å². The van der Waals surface area contributed by atoms with Crippen molar-refractivity contribution >= 4 is 17.5 Å². The van der Waals surface area contributed by atoms with Gasteiger partial charge in [0.2, 0.25) is 11.8 Å². The van der Waals surface area contributed by atoms with Crippen LogP contribution in [0.25, 0.3) is 0 Å². The van der Waals surface area contributed by atoms with Crippen molar-refractivity contribution in [2.24, 2.45) is 10.8 Å². The maximum Gasteiger partial charge on any atom is 0.250 e. The Labute approximate surface area is 157 Å². The third-order valence-corrected chi connectivity index (χ3v) is 4.00. The average Bonchev–Trinajstić information content (AvgIpc) is 2.52. The van der Waals surface area contributed by atoms with Gasteiger partial charge in [-0.05, 0) is 36.0 Å². The standard InChI is InChI=1S/C21H34N2O3/c1-7-16-8-10-17(11-9-16)23-18(24)14-26-13-12-22-19(25)21(5,6)15-20(2,3)4/h8-11H,7,12-15H2,1-6H3,(H,22,25)(H,23,24). The Morgan fingerprint density at radius 3 is 2.19 bits per heavy atom. The van der Waals surface area contributed by atoms with Gasteiger partial charge in [0.25, 0.3) is 0 Å². The van der Waals surface area contributed by atoms with Crippen LogP contribution < -0.4 is 10.6 Å². The van der Waals surface area contributed by atoms with Crippen molar-refractivity contribution in [2.75, 3.05) is 25.1 Å². The number of nitrogens with one attached hydrogen (secondary N) is 2. The summed E-state index contributed by atoms with van der Waals surface area (Å²) in [5.74, 6) is -0.190. The lowest BCUT2D eigenvalue weighted by Gasteiger charge is -2.31. The second-order valence-electron chi connectivity index (χ2n) is 8.53. The summed E-state index contributed by atoms with van der Waals surface area (Å²) in [6.45, 7) is 13.0. The number of hydrogen-bond donors (Lipinski definition) is 2. The molecule has 5 nitrogen and oxygen atoms in total. The number of carbonyl (C=O) groups is 2. The Kier molecular flexibility index (Phi) is 8.28. The fraction of sp³-hybridized carbons (Fsp3) is 0.619. The van der Waals surface area contributed by atoms with Gasteiger partial charge in [0.1, 0.15) is 6.61 Å². The molecule has 1 aromatic rings. The van der Waals surface area contributed by atoms with Gasteiger partial charge in [-0.15, -0.1) is 0 Å². The highest BCUT2D eigenvalue weighted by atomic mass is 16.5. The Hall–Kier alpha value is -1.88. The molecule has 0 unspecified atom stereocenters. The molecule has 0 aliphatic rings. The number of carbonyl (C=O) groups excluding carboxylic acids is 2. The van der Waals surface area contributed by atoms with Gasteiger partial charge in [-0.1, -0.05) is 53.7 Å². The zero-order valence-electron chi connectivity index (χ0n) is 17.1. The Balaban J connectivity index is 2.25. The summed E-state index contributed by atoms with van der Waals surface area (Å²) in [4.78, 5) is 24.1. The van der Waals surface area contributed by atoms with Crippen LogP contribution in [0.15, 0.2) is 24.3 Å². The Morgan fingerprint density at radius 2 is 1.65 bits per heavy atom. The summed E-state index contributed by atoms with van der Waals surface area (Å²) in [5.41, 5.74) is 1.64. The van der Waals surface area contributed by atoms with Crippen LogP contribution in [-0.4, -0.2) is 31.6 Å². The molecule has 0 aromatic heterocycles. The highest BCUT2D eigenvalue weighted by molar-refractivity contribution is 5.91. The van der Waals surface area contributed by atoms with Crippen LogP contribution in [0, 0.1) is 10.8 Å². The topological polar surface area (TPSA) is 67.4 Å². The largest absolute Gasteiger partial charge is 0.370 e. The van der Waals surface area contributed by atoms with Crippen molar-refractivity contribution in [3.8, 4) is 0 Å². The van der Waals surface area contributed by atoms with E-state index in [4.69, 9.17) is 4.74 Å². The maximum absolute atomic E-state index is 12.3. The third kappa shape index (κ3) is 8.48. The number of benzene rings is 1.